The Morgan fingerprint density at radius 2 is 1.69 bits per heavy atom. The summed E-state index contributed by atoms with van der Waals surface area (Å²) in [6.07, 6.45) is 1.85. The van der Waals surface area contributed by atoms with Crippen molar-refractivity contribution in [1.29, 1.82) is 0 Å². The van der Waals surface area contributed by atoms with Crippen LogP contribution in [0.4, 0.5) is 0 Å². The number of hydrogen-bond donors (Lipinski definition) is 3. The third-order valence-corrected chi connectivity index (χ3v) is 2.95. The zero-order chi connectivity index (χ0) is 8.32. The first kappa shape index (κ1) is 18.2. The molecule has 13 heavy (non-hydrogen) atoms. The third-order valence-electron chi connectivity index (χ3n) is 1.95. The molecule has 7 heteroatoms. The first-order valence-electron chi connectivity index (χ1n) is 3.83. The molecule has 1 aliphatic rings. The van der Waals surface area contributed by atoms with Crippen LogP contribution < -0.4 is 5.32 Å². The Bertz CT molecular complexity index is 169. The molecular weight excluding hydrogens is 447 g/mol. The first-order valence-corrected chi connectivity index (χ1v) is 5.63. The van der Waals surface area contributed by atoms with Crippen LogP contribution in [0.25, 0.3) is 0 Å². The van der Waals surface area contributed by atoms with Gasteiger partial charge >= 0.3 is 7.60 Å². The van der Waals surface area contributed by atoms with E-state index in [0.29, 0.717) is 0 Å². The molecule has 1 rings (SSSR count). The minimum atomic E-state index is -3.76. The molecule has 0 spiro atoms. The summed E-state index contributed by atoms with van der Waals surface area (Å²) < 4.78 is 10.6. The van der Waals surface area contributed by atoms with Gasteiger partial charge in [-0.2, -0.15) is 0 Å². The fourth-order valence-corrected chi connectivity index (χ4v) is 2.44. The van der Waals surface area contributed by atoms with Gasteiger partial charge in [-0.1, -0.05) is 0 Å². The molecule has 0 aliphatic carbocycles. The monoisotopic (exact) mass is 461 g/mol. The van der Waals surface area contributed by atoms with E-state index in [2.05, 4.69) is 5.32 Å². The average molecular weight is 461 g/mol. The van der Waals surface area contributed by atoms with Crippen LogP contribution in [0, 0.1) is 88.5 Å². The molecule has 1 saturated heterocycles. The van der Waals surface area contributed by atoms with Crippen molar-refractivity contribution in [1.82, 2.24) is 5.32 Å². The van der Waals surface area contributed by atoms with Crippen LogP contribution >= 0.6 is 7.60 Å². The van der Waals surface area contributed by atoms with Gasteiger partial charge in [-0.3, -0.25) is 4.57 Å². The van der Waals surface area contributed by atoms with Gasteiger partial charge in [0.05, 0.1) is 6.16 Å². The Labute approximate surface area is 145 Å². The summed E-state index contributed by atoms with van der Waals surface area (Å²) in [5.74, 6) is 0.220. The molecule has 0 amide bonds. The van der Waals surface area contributed by atoms with Crippen molar-refractivity contribution in [3.8, 4) is 0 Å². The predicted molar refractivity (Wildman–Crippen MR) is 42.5 cm³/mol. The van der Waals surface area contributed by atoms with E-state index in [1.165, 1.54) is 0 Å². The molecule has 4 nitrogen and oxygen atoms in total. The minimum absolute atomic E-state index is 0. The number of rotatable bonds is 2. The van der Waals surface area contributed by atoms with Crippen LogP contribution in [0.3, 0.4) is 0 Å². The summed E-state index contributed by atoms with van der Waals surface area (Å²) in [6.45, 7) is 1.79. The topological polar surface area (TPSA) is 69.6 Å². The molecule has 1 fully saturated rings. The Hall–Kier alpha value is 2.84. The van der Waals surface area contributed by atoms with Crippen molar-refractivity contribution in [3.63, 3.8) is 0 Å². The van der Waals surface area contributed by atoms with E-state index < -0.39 is 7.60 Å². The van der Waals surface area contributed by atoms with Gasteiger partial charge in [-0.25, -0.2) is 0 Å². The maximum absolute atomic E-state index is 10.6. The van der Waals surface area contributed by atoms with E-state index >= 15 is 0 Å². The largest absolute Gasteiger partial charge is 0.325 e. The van der Waals surface area contributed by atoms with Gasteiger partial charge < -0.3 is 15.1 Å². The molecule has 2 radical (unpaired) electrons. The molecule has 0 aromatic rings. The first-order chi connectivity index (χ1) is 5.08. The Morgan fingerprint density at radius 1 is 1.23 bits per heavy atom. The fourth-order valence-electron chi connectivity index (χ4n) is 1.40. The molecule has 0 atom stereocenters. The zero-order valence-electron chi connectivity index (χ0n) is 7.52. The maximum atomic E-state index is 10.6. The summed E-state index contributed by atoms with van der Waals surface area (Å²) in [5, 5.41) is 3.15. The molecule has 3 N–H and O–H groups in total. The van der Waals surface area contributed by atoms with E-state index in [1.807, 2.05) is 0 Å². The smallest absolute Gasteiger partial charge is 0.324 e. The second-order valence-electron chi connectivity index (χ2n) is 3.04. The molecule has 1 aliphatic heterocycles. The Balaban J connectivity index is 0. The average Bonchev–Trinajstić information content (AvgIpc) is 1.85. The summed E-state index contributed by atoms with van der Waals surface area (Å²) in [5.41, 5.74) is 0. The Kier molecular flexibility index (Phi) is 12.5. The van der Waals surface area contributed by atoms with E-state index in [4.69, 9.17) is 9.79 Å². The summed E-state index contributed by atoms with van der Waals surface area (Å²) in [4.78, 5) is 17.3. The second-order valence-corrected chi connectivity index (χ2v) is 4.74. The van der Waals surface area contributed by atoms with Crippen molar-refractivity contribution in [2.45, 2.75) is 12.8 Å². The summed E-state index contributed by atoms with van der Waals surface area (Å²) in [6, 6.07) is 0. The summed E-state index contributed by atoms with van der Waals surface area (Å²) in [7, 11) is -3.76. The molecule has 0 unspecified atom stereocenters. The number of hydrogen-bond acceptors (Lipinski definition) is 2. The van der Waals surface area contributed by atoms with Crippen molar-refractivity contribution in [2.75, 3.05) is 19.3 Å². The van der Waals surface area contributed by atoms with E-state index in [1.54, 1.807) is 0 Å². The van der Waals surface area contributed by atoms with Gasteiger partial charge in [0.25, 0.3) is 0 Å². The zero-order valence-corrected chi connectivity index (χ0v) is 15.8. The number of nitrogens with one attached hydrogen (secondary N) is 1. The van der Waals surface area contributed by atoms with Crippen molar-refractivity contribution in [2.24, 2.45) is 5.92 Å². The van der Waals surface area contributed by atoms with Crippen LogP contribution in [0.2, 0.25) is 0 Å². The van der Waals surface area contributed by atoms with Gasteiger partial charge in [0.15, 0.2) is 0 Å². The number of piperidine rings is 1. The minimum Gasteiger partial charge on any atom is -0.324 e. The van der Waals surface area contributed by atoms with E-state index in [0.717, 1.165) is 25.9 Å². The third kappa shape index (κ3) is 9.75. The van der Waals surface area contributed by atoms with Crippen molar-refractivity contribution < 1.29 is 96.9 Å². The molecule has 0 bridgehead atoms. The molecule has 0 saturated carbocycles. The quantitative estimate of drug-likeness (QED) is 0.514. The van der Waals surface area contributed by atoms with Crippen LogP contribution in [0.5, 0.6) is 0 Å². The normalized spacial score (nSPS) is 18.6. The molecule has 0 aromatic carbocycles. The molecule has 1 heterocycles. The molecule has 72 valence electrons. The van der Waals surface area contributed by atoms with Gasteiger partial charge in [0, 0.05) is 82.6 Å². The van der Waals surface area contributed by atoms with Crippen LogP contribution in [-0.2, 0) is 4.57 Å². The SMILES string of the molecule is O=P(O)(O)CC1CCNCC1.[Pr].[Pr]. The maximum Gasteiger partial charge on any atom is 0.325 e. The standard InChI is InChI=1S/C6H14NO3P.2Pr/c8-11(9,10)5-6-1-3-7-4-2-6;;/h6-7H,1-5H2,(H2,8,9,10);;. The van der Waals surface area contributed by atoms with Gasteiger partial charge in [-0.05, 0) is 31.8 Å². The van der Waals surface area contributed by atoms with Crippen LogP contribution in [0.1, 0.15) is 12.8 Å². The Morgan fingerprint density at radius 3 is 2.08 bits per heavy atom. The van der Waals surface area contributed by atoms with Crippen molar-refractivity contribution in [3.05, 3.63) is 0 Å². The molecular formula is C6H14NO3PPr2. The second kappa shape index (κ2) is 8.93. The van der Waals surface area contributed by atoms with E-state index in [-0.39, 0.29) is 94.7 Å². The van der Waals surface area contributed by atoms with Gasteiger partial charge in [0.2, 0.25) is 0 Å². The van der Waals surface area contributed by atoms with Crippen molar-refractivity contribution >= 4 is 7.60 Å². The van der Waals surface area contributed by atoms with E-state index in [9.17, 15) is 4.57 Å². The van der Waals surface area contributed by atoms with Gasteiger partial charge in [-0.15, -0.1) is 0 Å². The summed E-state index contributed by atoms with van der Waals surface area (Å²) >= 11 is 0. The molecule has 0 aromatic heterocycles. The fraction of sp³-hybridized carbons (Fsp3) is 1.00. The van der Waals surface area contributed by atoms with Crippen LogP contribution in [0.15, 0.2) is 0 Å². The van der Waals surface area contributed by atoms with Crippen LogP contribution in [-0.4, -0.2) is 29.0 Å². The predicted octanol–water partition coefficient (Wildman–Crippen LogP) is 0.164. The van der Waals surface area contributed by atoms with Gasteiger partial charge in [0.1, 0.15) is 0 Å².